The van der Waals surface area contributed by atoms with Gasteiger partial charge in [-0.05, 0) is 36.6 Å². The molecular weight excluding hydrogens is 268 g/mol. The first-order valence-electron chi connectivity index (χ1n) is 7.91. The molecule has 114 valence electrons. The third-order valence-corrected chi connectivity index (χ3v) is 4.14. The zero-order valence-electron chi connectivity index (χ0n) is 12.9. The highest BCUT2D eigenvalue weighted by atomic mass is 35.5. The van der Waals surface area contributed by atoms with Gasteiger partial charge in [-0.2, -0.15) is 0 Å². The number of rotatable bonds is 10. The van der Waals surface area contributed by atoms with Gasteiger partial charge in [0.25, 0.3) is 0 Å². The molecule has 0 aliphatic rings. The van der Waals surface area contributed by atoms with Crippen molar-refractivity contribution in [3.63, 3.8) is 0 Å². The molecule has 0 radical (unpaired) electrons. The molecule has 1 rings (SSSR count). The Morgan fingerprint density at radius 3 is 2.35 bits per heavy atom. The van der Waals surface area contributed by atoms with Crippen LogP contribution < -0.4 is 11.3 Å². The fourth-order valence-electron chi connectivity index (χ4n) is 2.66. The van der Waals surface area contributed by atoms with E-state index in [-0.39, 0.29) is 6.04 Å². The maximum Gasteiger partial charge on any atom is 0.0462 e. The first kappa shape index (κ1) is 17.5. The van der Waals surface area contributed by atoms with Crippen LogP contribution in [0.3, 0.4) is 0 Å². The molecule has 3 heteroatoms. The van der Waals surface area contributed by atoms with Crippen LogP contribution >= 0.6 is 11.6 Å². The van der Waals surface area contributed by atoms with Crippen molar-refractivity contribution >= 4 is 11.6 Å². The van der Waals surface area contributed by atoms with Crippen LogP contribution in [0.1, 0.15) is 75.5 Å². The normalized spacial score (nSPS) is 12.6. The molecule has 1 aromatic rings. The Bertz CT molecular complexity index is 379. The van der Waals surface area contributed by atoms with Gasteiger partial charge >= 0.3 is 0 Å². The van der Waals surface area contributed by atoms with Crippen molar-refractivity contribution in [2.75, 3.05) is 0 Å². The van der Waals surface area contributed by atoms with Gasteiger partial charge in [-0.25, -0.2) is 0 Å². The van der Waals surface area contributed by atoms with Crippen molar-refractivity contribution in [3.8, 4) is 0 Å². The van der Waals surface area contributed by atoms with Crippen LogP contribution in [0.15, 0.2) is 18.2 Å². The number of halogens is 1. The number of benzene rings is 1. The second-order valence-corrected chi connectivity index (χ2v) is 6.07. The van der Waals surface area contributed by atoms with E-state index in [1.807, 2.05) is 12.1 Å². The van der Waals surface area contributed by atoms with Gasteiger partial charge in [-0.15, -0.1) is 0 Å². The number of unbranched alkanes of at least 4 members (excludes halogenated alkanes) is 6. The summed E-state index contributed by atoms with van der Waals surface area (Å²) < 4.78 is 0. The van der Waals surface area contributed by atoms with Gasteiger partial charge in [-0.1, -0.05) is 69.5 Å². The van der Waals surface area contributed by atoms with Crippen LogP contribution in [0.2, 0.25) is 5.02 Å². The van der Waals surface area contributed by atoms with E-state index in [2.05, 4.69) is 25.3 Å². The van der Waals surface area contributed by atoms with Crippen LogP contribution in [0, 0.1) is 6.92 Å². The Balaban J connectivity index is 2.32. The number of aryl methyl sites for hydroxylation is 1. The van der Waals surface area contributed by atoms with E-state index in [1.54, 1.807) is 0 Å². The lowest BCUT2D eigenvalue weighted by Gasteiger charge is -2.18. The number of hydrazine groups is 1. The van der Waals surface area contributed by atoms with E-state index in [0.717, 1.165) is 11.4 Å². The van der Waals surface area contributed by atoms with Crippen molar-refractivity contribution < 1.29 is 0 Å². The minimum atomic E-state index is 0.239. The van der Waals surface area contributed by atoms with Gasteiger partial charge in [0.05, 0.1) is 0 Å². The molecule has 0 spiro atoms. The van der Waals surface area contributed by atoms with Crippen molar-refractivity contribution in [1.29, 1.82) is 0 Å². The lowest BCUT2D eigenvalue weighted by Crippen LogP contribution is -2.28. The summed E-state index contributed by atoms with van der Waals surface area (Å²) in [4.78, 5) is 0. The highest BCUT2D eigenvalue weighted by Crippen LogP contribution is 2.25. The summed E-state index contributed by atoms with van der Waals surface area (Å²) in [5.74, 6) is 5.71. The van der Waals surface area contributed by atoms with Gasteiger partial charge in [0.1, 0.15) is 0 Å². The Kier molecular flexibility index (Phi) is 8.92. The number of nitrogens with one attached hydrogen (secondary N) is 1. The van der Waals surface area contributed by atoms with Crippen molar-refractivity contribution in [1.82, 2.24) is 5.43 Å². The lowest BCUT2D eigenvalue weighted by molar-refractivity contribution is 0.474. The predicted molar refractivity (Wildman–Crippen MR) is 88.9 cm³/mol. The highest BCUT2D eigenvalue weighted by molar-refractivity contribution is 6.30. The molecule has 0 saturated carbocycles. The van der Waals surface area contributed by atoms with Crippen molar-refractivity contribution in [2.24, 2.45) is 5.84 Å². The summed E-state index contributed by atoms with van der Waals surface area (Å²) in [6.07, 6.45) is 10.4. The molecule has 0 aliphatic heterocycles. The Hall–Kier alpha value is -0.570. The average Bonchev–Trinajstić information content (AvgIpc) is 2.43. The molecule has 1 aromatic carbocycles. The van der Waals surface area contributed by atoms with E-state index in [4.69, 9.17) is 17.4 Å². The van der Waals surface area contributed by atoms with Crippen LogP contribution in [0.25, 0.3) is 0 Å². The number of hydrogen-bond acceptors (Lipinski definition) is 2. The van der Waals surface area contributed by atoms with Crippen LogP contribution in [-0.4, -0.2) is 0 Å². The Labute approximate surface area is 129 Å². The van der Waals surface area contributed by atoms with Gasteiger partial charge in [0, 0.05) is 11.1 Å². The molecule has 2 nitrogen and oxygen atoms in total. The monoisotopic (exact) mass is 296 g/mol. The molecule has 0 amide bonds. The summed E-state index contributed by atoms with van der Waals surface area (Å²) in [7, 11) is 0. The van der Waals surface area contributed by atoms with Gasteiger partial charge in [-0.3, -0.25) is 11.3 Å². The van der Waals surface area contributed by atoms with E-state index in [0.29, 0.717) is 0 Å². The maximum absolute atomic E-state index is 6.00. The second kappa shape index (κ2) is 10.2. The molecule has 0 bridgehead atoms. The van der Waals surface area contributed by atoms with Crippen LogP contribution in [-0.2, 0) is 0 Å². The lowest BCUT2D eigenvalue weighted by atomic mass is 9.96. The Morgan fingerprint density at radius 2 is 1.75 bits per heavy atom. The smallest absolute Gasteiger partial charge is 0.0462 e. The summed E-state index contributed by atoms with van der Waals surface area (Å²) >= 11 is 6.00. The van der Waals surface area contributed by atoms with Crippen LogP contribution in [0.5, 0.6) is 0 Å². The largest absolute Gasteiger partial charge is 0.271 e. The molecule has 0 aliphatic carbocycles. The van der Waals surface area contributed by atoms with E-state index >= 15 is 0 Å². The zero-order valence-corrected chi connectivity index (χ0v) is 13.7. The summed E-state index contributed by atoms with van der Waals surface area (Å²) in [5.41, 5.74) is 5.42. The average molecular weight is 297 g/mol. The molecule has 3 N–H and O–H groups in total. The summed E-state index contributed by atoms with van der Waals surface area (Å²) in [6, 6.07) is 6.27. The summed E-state index contributed by atoms with van der Waals surface area (Å²) in [5, 5.41) is 0.790. The fraction of sp³-hybridized carbons (Fsp3) is 0.647. The van der Waals surface area contributed by atoms with E-state index in [1.165, 1.54) is 56.1 Å². The minimum absolute atomic E-state index is 0.239. The number of nitrogens with two attached hydrogens (primary N) is 1. The van der Waals surface area contributed by atoms with Crippen LogP contribution in [0.4, 0.5) is 0 Å². The highest BCUT2D eigenvalue weighted by Gasteiger charge is 2.11. The molecular formula is C17H29ClN2. The van der Waals surface area contributed by atoms with E-state index in [9.17, 15) is 0 Å². The van der Waals surface area contributed by atoms with E-state index < -0.39 is 0 Å². The molecule has 20 heavy (non-hydrogen) atoms. The fourth-order valence-corrected chi connectivity index (χ4v) is 2.89. The Morgan fingerprint density at radius 1 is 1.10 bits per heavy atom. The van der Waals surface area contributed by atoms with Gasteiger partial charge in [0.15, 0.2) is 0 Å². The zero-order chi connectivity index (χ0) is 14.8. The predicted octanol–water partition coefficient (Wildman–Crippen LogP) is 5.29. The second-order valence-electron chi connectivity index (χ2n) is 5.63. The van der Waals surface area contributed by atoms with Crippen molar-refractivity contribution in [2.45, 2.75) is 71.3 Å². The third-order valence-electron chi connectivity index (χ3n) is 3.90. The van der Waals surface area contributed by atoms with Crippen molar-refractivity contribution in [3.05, 3.63) is 34.3 Å². The first-order valence-corrected chi connectivity index (χ1v) is 8.29. The number of hydrogen-bond donors (Lipinski definition) is 2. The van der Waals surface area contributed by atoms with Gasteiger partial charge < -0.3 is 0 Å². The quantitative estimate of drug-likeness (QED) is 0.349. The molecule has 0 aromatic heterocycles. The molecule has 1 atom stereocenters. The molecule has 1 unspecified atom stereocenters. The molecule has 0 fully saturated rings. The SMILES string of the molecule is CCCCCCCCCC(NN)c1ccc(Cl)cc1C. The first-order chi connectivity index (χ1) is 9.69. The minimum Gasteiger partial charge on any atom is -0.271 e. The molecule has 0 heterocycles. The topological polar surface area (TPSA) is 38.0 Å². The molecule has 0 saturated heterocycles. The summed E-state index contributed by atoms with van der Waals surface area (Å²) in [6.45, 7) is 4.35. The third kappa shape index (κ3) is 6.25. The van der Waals surface area contributed by atoms with Gasteiger partial charge in [0.2, 0.25) is 0 Å². The standard InChI is InChI=1S/C17H29ClN2/c1-3-4-5-6-7-8-9-10-17(20-19)16-12-11-15(18)13-14(16)2/h11-13,17,20H,3-10,19H2,1-2H3. The maximum atomic E-state index is 6.00.